The summed E-state index contributed by atoms with van der Waals surface area (Å²) < 4.78 is 0. The van der Waals surface area contributed by atoms with Gasteiger partial charge in [-0.05, 0) is 51.2 Å². The summed E-state index contributed by atoms with van der Waals surface area (Å²) in [4.78, 5) is 11.1. The van der Waals surface area contributed by atoms with E-state index in [-0.39, 0.29) is 5.54 Å². The van der Waals surface area contributed by atoms with E-state index in [2.05, 4.69) is 39.3 Å². The second-order valence-corrected chi connectivity index (χ2v) is 8.35. The monoisotopic (exact) mass is 355 g/mol. The first-order valence-corrected chi connectivity index (χ1v) is 8.79. The second kappa shape index (κ2) is 7.18. The number of nitrogens with zero attached hydrogens (tertiary/aromatic N) is 3. The van der Waals surface area contributed by atoms with Crippen molar-refractivity contribution in [1.82, 2.24) is 15.3 Å². The summed E-state index contributed by atoms with van der Waals surface area (Å²) in [6, 6.07) is 1.82. The van der Waals surface area contributed by atoms with Crippen LogP contribution < -0.4 is 15.5 Å². The summed E-state index contributed by atoms with van der Waals surface area (Å²) in [7, 11) is 0. The lowest BCUT2D eigenvalue weighted by Crippen LogP contribution is -2.43. The molecule has 1 fully saturated rings. The first kappa shape index (κ1) is 18.2. The van der Waals surface area contributed by atoms with E-state index in [0.29, 0.717) is 28.0 Å². The van der Waals surface area contributed by atoms with Crippen LogP contribution in [0.2, 0.25) is 5.15 Å². The van der Waals surface area contributed by atoms with Crippen molar-refractivity contribution in [3.05, 3.63) is 11.2 Å². The standard InChI is InChI=1S/C16H26ClN5S/c1-10-6-11(2)9-22(8-10)13-7-12(17)18-14(19-13)20-15(23)21-16(3,4)5/h7,10-11H,6,8-9H2,1-5H3,(H2,18,19,20,21,23)/t10-,11-/m1/s1. The molecule has 0 spiro atoms. The SMILES string of the molecule is C[C@@H]1C[C@@H](C)CN(c2cc(Cl)nc(NC(=S)NC(C)(C)C)n2)C1. The zero-order chi connectivity index (χ0) is 17.2. The molecule has 0 aliphatic carbocycles. The van der Waals surface area contributed by atoms with Crippen LogP contribution in [-0.2, 0) is 0 Å². The topological polar surface area (TPSA) is 53.1 Å². The molecule has 0 radical (unpaired) electrons. The minimum absolute atomic E-state index is 0.122. The van der Waals surface area contributed by atoms with E-state index in [9.17, 15) is 0 Å². The highest BCUT2D eigenvalue weighted by molar-refractivity contribution is 7.80. The smallest absolute Gasteiger partial charge is 0.232 e. The second-order valence-electron chi connectivity index (χ2n) is 7.55. The normalized spacial score (nSPS) is 21.9. The summed E-state index contributed by atoms with van der Waals surface area (Å²) in [6.45, 7) is 12.6. The summed E-state index contributed by atoms with van der Waals surface area (Å²) in [6.07, 6.45) is 1.25. The summed E-state index contributed by atoms with van der Waals surface area (Å²) >= 11 is 11.5. The molecule has 0 amide bonds. The van der Waals surface area contributed by atoms with Gasteiger partial charge in [-0.2, -0.15) is 4.98 Å². The van der Waals surface area contributed by atoms with Crippen molar-refractivity contribution in [2.45, 2.75) is 46.6 Å². The fraction of sp³-hybridized carbons (Fsp3) is 0.688. The molecular formula is C16H26ClN5S. The van der Waals surface area contributed by atoms with Crippen molar-refractivity contribution in [2.24, 2.45) is 11.8 Å². The van der Waals surface area contributed by atoms with Gasteiger partial charge in [0.1, 0.15) is 11.0 Å². The number of halogens is 1. The molecule has 1 aromatic rings. The van der Waals surface area contributed by atoms with E-state index in [4.69, 9.17) is 23.8 Å². The van der Waals surface area contributed by atoms with Gasteiger partial charge in [-0.1, -0.05) is 25.4 Å². The third-order valence-electron chi connectivity index (χ3n) is 3.59. The Kier molecular flexibility index (Phi) is 5.68. The first-order valence-electron chi connectivity index (χ1n) is 8.01. The lowest BCUT2D eigenvalue weighted by Gasteiger charge is -2.35. The highest BCUT2D eigenvalue weighted by atomic mass is 35.5. The molecule has 2 atom stereocenters. The predicted molar refractivity (Wildman–Crippen MR) is 101 cm³/mol. The molecule has 2 heterocycles. The van der Waals surface area contributed by atoms with Crippen molar-refractivity contribution in [1.29, 1.82) is 0 Å². The lowest BCUT2D eigenvalue weighted by molar-refractivity contribution is 0.355. The molecule has 0 saturated carbocycles. The van der Waals surface area contributed by atoms with E-state index in [0.717, 1.165) is 18.9 Å². The summed E-state index contributed by atoms with van der Waals surface area (Å²) in [5, 5.41) is 7.12. The van der Waals surface area contributed by atoms with Gasteiger partial charge in [0.05, 0.1) is 0 Å². The maximum atomic E-state index is 6.18. The van der Waals surface area contributed by atoms with Gasteiger partial charge < -0.3 is 15.5 Å². The van der Waals surface area contributed by atoms with Gasteiger partial charge in [0.25, 0.3) is 0 Å². The van der Waals surface area contributed by atoms with E-state index in [1.165, 1.54) is 6.42 Å². The Labute approximate surface area is 149 Å². The van der Waals surface area contributed by atoms with Gasteiger partial charge >= 0.3 is 0 Å². The third-order valence-corrected chi connectivity index (χ3v) is 3.99. The number of piperidine rings is 1. The van der Waals surface area contributed by atoms with Crippen LogP contribution in [-0.4, -0.2) is 33.7 Å². The minimum Gasteiger partial charge on any atom is -0.358 e. The molecule has 0 unspecified atom stereocenters. The van der Waals surface area contributed by atoms with Crippen LogP contribution in [0.3, 0.4) is 0 Å². The third kappa shape index (κ3) is 5.77. The van der Waals surface area contributed by atoms with Gasteiger partial charge in [0.15, 0.2) is 5.11 Å². The largest absolute Gasteiger partial charge is 0.358 e. The van der Waals surface area contributed by atoms with Crippen molar-refractivity contribution in [3.63, 3.8) is 0 Å². The fourth-order valence-corrected chi connectivity index (χ4v) is 3.52. The Bertz CT molecular complexity index is 562. The van der Waals surface area contributed by atoms with Gasteiger partial charge in [-0.15, -0.1) is 0 Å². The quantitative estimate of drug-likeness (QED) is 0.623. The molecule has 23 heavy (non-hydrogen) atoms. The molecule has 128 valence electrons. The zero-order valence-electron chi connectivity index (χ0n) is 14.5. The number of rotatable bonds is 2. The van der Waals surface area contributed by atoms with Crippen molar-refractivity contribution in [3.8, 4) is 0 Å². The van der Waals surface area contributed by atoms with E-state index >= 15 is 0 Å². The maximum Gasteiger partial charge on any atom is 0.232 e. The number of anilines is 2. The number of thiocarbonyl (C=S) groups is 1. The van der Waals surface area contributed by atoms with Gasteiger partial charge in [0, 0.05) is 24.7 Å². The minimum atomic E-state index is -0.122. The molecule has 0 bridgehead atoms. The van der Waals surface area contributed by atoms with Gasteiger partial charge in [0.2, 0.25) is 5.95 Å². The van der Waals surface area contributed by atoms with Crippen LogP contribution in [0, 0.1) is 11.8 Å². The van der Waals surface area contributed by atoms with Crippen LogP contribution in [0.4, 0.5) is 11.8 Å². The van der Waals surface area contributed by atoms with Crippen LogP contribution in [0.1, 0.15) is 41.0 Å². The molecule has 1 aliphatic heterocycles. The van der Waals surface area contributed by atoms with Crippen molar-refractivity contribution >= 4 is 40.7 Å². The van der Waals surface area contributed by atoms with E-state index < -0.39 is 0 Å². The number of hydrogen-bond donors (Lipinski definition) is 2. The lowest BCUT2D eigenvalue weighted by atomic mass is 9.92. The highest BCUT2D eigenvalue weighted by Gasteiger charge is 2.23. The molecule has 2 rings (SSSR count). The fourth-order valence-electron chi connectivity index (χ4n) is 2.95. The van der Waals surface area contributed by atoms with E-state index in [1.54, 1.807) is 0 Å². The molecular weight excluding hydrogens is 330 g/mol. The number of aromatic nitrogens is 2. The van der Waals surface area contributed by atoms with Gasteiger partial charge in [-0.3, -0.25) is 0 Å². The Morgan fingerprint density at radius 2 is 1.87 bits per heavy atom. The van der Waals surface area contributed by atoms with Gasteiger partial charge in [-0.25, -0.2) is 4.98 Å². The molecule has 5 nitrogen and oxygen atoms in total. The van der Waals surface area contributed by atoms with Crippen molar-refractivity contribution in [2.75, 3.05) is 23.3 Å². The van der Waals surface area contributed by atoms with Crippen molar-refractivity contribution < 1.29 is 0 Å². The Hall–Kier alpha value is -1.14. The van der Waals surface area contributed by atoms with Crippen LogP contribution in [0.15, 0.2) is 6.07 Å². The van der Waals surface area contributed by atoms with Crippen LogP contribution in [0.5, 0.6) is 0 Å². The van der Waals surface area contributed by atoms with Crippen LogP contribution in [0.25, 0.3) is 0 Å². The Morgan fingerprint density at radius 3 is 2.43 bits per heavy atom. The number of hydrogen-bond acceptors (Lipinski definition) is 4. The number of nitrogens with one attached hydrogen (secondary N) is 2. The van der Waals surface area contributed by atoms with E-state index in [1.807, 2.05) is 26.8 Å². The average molecular weight is 356 g/mol. The summed E-state index contributed by atoms with van der Waals surface area (Å²) in [5.74, 6) is 2.57. The summed E-state index contributed by atoms with van der Waals surface area (Å²) in [5.41, 5.74) is -0.122. The molecule has 7 heteroatoms. The molecule has 1 aliphatic rings. The Balaban J connectivity index is 2.14. The average Bonchev–Trinajstić information content (AvgIpc) is 2.34. The molecule has 0 aromatic carbocycles. The van der Waals surface area contributed by atoms with Crippen LogP contribution >= 0.6 is 23.8 Å². The zero-order valence-corrected chi connectivity index (χ0v) is 16.1. The molecule has 1 saturated heterocycles. The maximum absolute atomic E-state index is 6.18. The highest BCUT2D eigenvalue weighted by Crippen LogP contribution is 2.27. The molecule has 1 aromatic heterocycles. The predicted octanol–water partition coefficient (Wildman–Crippen LogP) is 3.70. The first-order chi connectivity index (χ1) is 10.6. The molecule has 2 N–H and O–H groups in total. The Morgan fingerprint density at radius 1 is 1.26 bits per heavy atom.